The van der Waals surface area contributed by atoms with Gasteiger partial charge in [-0.15, -0.1) is 0 Å². The van der Waals surface area contributed by atoms with Gasteiger partial charge in [0, 0.05) is 11.3 Å². The van der Waals surface area contributed by atoms with E-state index in [1.165, 1.54) is 11.0 Å². The van der Waals surface area contributed by atoms with Crippen molar-refractivity contribution in [3.63, 3.8) is 0 Å². The number of hydrogen-bond acceptors (Lipinski definition) is 5. The number of hydrogen-bond donors (Lipinski definition) is 1. The zero-order valence-corrected chi connectivity index (χ0v) is 20.4. The normalized spacial score (nSPS) is 15.8. The monoisotopic (exact) mass is 484 g/mol. The number of carbonyl (C=O) groups is 1. The standard InChI is InChI=1S/C28H25FN4O3/c1-16-6-5-7-20(14-16)26-31-27(36-32-26)24-18(3)33(21-10-13-23(29)17(2)15-21)28(34)30-25(24)19-8-11-22(35-4)12-9-19/h5-15,25H,1-4H3,(H,30,34). The molecule has 1 unspecified atom stereocenters. The maximum Gasteiger partial charge on any atom is 0.326 e. The van der Waals surface area contributed by atoms with Gasteiger partial charge in [0.1, 0.15) is 11.6 Å². The molecule has 4 aromatic rings. The Morgan fingerprint density at radius 3 is 2.50 bits per heavy atom. The number of aryl methyl sites for hydroxylation is 2. The Morgan fingerprint density at radius 2 is 1.81 bits per heavy atom. The minimum Gasteiger partial charge on any atom is -0.497 e. The Morgan fingerprint density at radius 1 is 1.03 bits per heavy atom. The lowest BCUT2D eigenvalue weighted by molar-refractivity contribution is 0.244. The summed E-state index contributed by atoms with van der Waals surface area (Å²) in [6.45, 7) is 5.48. The van der Waals surface area contributed by atoms with Gasteiger partial charge in [-0.25, -0.2) is 9.18 Å². The van der Waals surface area contributed by atoms with E-state index >= 15 is 0 Å². The Bertz CT molecular complexity index is 1480. The van der Waals surface area contributed by atoms with Gasteiger partial charge in [-0.2, -0.15) is 4.98 Å². The van der Waals surface area contributed by atoms with Crippen LogP contribution in [0.2, 0.25) is 0 Å². The van der Waals surface area contributed by atoms with Gasteiger partial charge in [0.05, 0.1) is 24.4 Å². The number of carbonyl (C=O) groups excluding carboxylic acids is 1. The van der Waals surface area contributed by atoms with Crippen LogP contribution in [0.5, 0.6) is 5.75 Å². The average Bonchev–Trinajstić information content (AvgIpc) is 3.36. The van der Waals surface area contributed by atoms with Crippen LogP contribution in [-0.4, -0.2) is 23.3 Å². The number of amides is 2. The molecule has 0 fully saturated rings. The molecule has 0 radical (unpaired) electrons. The molecule has 0 bridgehead atoms. The van der Waals surface area contributed by atoms with Crippen LogP contribution in [0.4, 0.5) is 14.9 Å². The summed E-state index contributed by atoms with van der Waals surface area (Å²) in [5.74, 6) is 1.09. The minimum absolute atomic E-state index is 0.286. The van der Waals surface area contributed by atoms with Gasteiger partial charge in [-0.05, 0) is 68.3 Å². The Labute approximate surface area is 208 Å². The second-order valence-electron chi connectivity index (χ2n) is 8.72. The maximum absolute atomic E-state index is 14.0. The quantitative estimate of drug-likeness (QED) is 0.365. The highest BCUT2D eigenvalue weighted by molar-refractivity contribution is 6.01. The van der Waals surface area contributed by atoms with Crippen LogP contribution < -0.4 is 15.0 Å². The van der Waals surface area contributed by atoms with E-state index in [1.54, 1.807) is 26.2 Å². The molecule has 1 atom stereocenters. The molecule has 8 heteroatoms. The summed E-state index contributed by atoms with van der Waals surface area (Å²) in [5, 5.41) is 7.27. The van der Waals surface area contributed by atoms with Crippen molar-refractivity contribution in [2.45, 2.75) is 26.8 Å². The zero-order valence-electron chi connectivity index (χ0n) is 20.4. The fraction of sp³-hybridized carbons (Fsp3) is 0.179. The molecule has 0 spiro atoms. The van der Waals surface area contributed by atoms with Crippen molar-refractivity contribution in [3.8, 4) is 17.1 Å². The number of benzene rings is 3. The van der Waals surface area contributed by atoms with Crippen molar-refractivity contribution in [1.29, 1.82) is 0 Å². The topological polar surface area (TPSA) is 80.5 Å². The fourth-order valence-electron chi connectivity index (χ4n) is 4.38. The third kappa shape index (κ3) is 4.22. The number of ether oxygens (including phenoxy) is 1. The van der Waals surface area contributed by atoms with Crippen LogP contribution in [0.3, 0.4) is 0 Å². The van der Waals surface area contributed by atoms with Crippen LogP contribution in [0.25, 0.3) is 17.0 Å². The second kappa shape index (κ2) is 9.30. The van der Waals surface area contributed by atoms with Gasteiger partial charge in [-0.3, -0.25) is 4.90 Å². The molecule has 2 amide bonds. The first-order valence-electron chi connectivity index (χ1n) is 11.5. The predicted molar refractivity (Wildman–Crippen MR) is 135 cm³/mol. The van der Waals surface area contributed by atoms with Gasteiger partial charge in [0.2, 0.25) is 5.82 Å². The van der Waals surface area contributed by atoms with E-state index in [4.69, 9.17) is 14.2 Å². The van der Waals surface area contributed by atoms with E-state index in [0.29, 0.717) is 34.1 Å². The molecule has 3 aromatic carbocycles. The number of nitrogens with zero attached hydrogens (tertiary/aromatic N) is 3. The summed E-state index contributed by atoms with van der Waals surface area (Å²) in [6, 6.07) is 18.9. The average molecular weight is 485 g/mol. The van der Waals surface area contributed by atoms with E-state index in [-0.39, 0.29) is 17.7 Å². The van der Waals surface area contributed by atoms with Crippen molar-refractivity contribution in [2.24, 2.45) is 0 Å². The highest BCUT2D eigenvalue weighted by atomic mass is 19.1. The first-order valence-corrected chi connectivity index (χ1v) is 11.5. The first kappa shape index (κ1) is 23.3. The third-order valence-electron chi connectivity index (χ3n) is 6.27. The molecule has 2 heterocycles. The largest absolute Gasteiger partial charge is 0.497 e. The van der Waals surface area contributed by atoms with Crippen molar-refractivity contribution in [2.75, 3.05) is 12.0 Å². The molecule has 182 valence electrons. The summed E-state index contributed by atoms with van der Waals surface area (Å²) in [6.07, 6.45) is 0. The Hall–Kier alpha value is -4.46. The molecular formula is C28H25FN4O3. The summed E-state index contributed by atoms with van der Waals surface area (Å²) in [7, 11) is 1.60. The van der Waals surface area contributed by atoms with Crippen molar-refractivity contribution in [1.82, 2.24) is 15.5 Å². The summed E-state index contributed by atoms with van der Waals surface area (Å²) < 4.78 is 25.0. The Kier molecular flexibility index (Phi) is 6.01. The lowest BCUT2D eigenvalue weighted by Gasteiger charge is -2.35. The summed E-state index contributed by atoms with van der Waals surface area (Å²) >= 11 is 0. The molecule has 36 heavy (non-hydrogen) atoms. The molecule has 0 aliphatic carbocycles. The highest BCUT2D eigenvalue weighted by Gasteiger charge is 2.36. The minimum atomic E-state index is -0.549. The van der Waals surface area contributed by atoms with Crippen molar-refractivity contribution >= 4 is 17.3 Å². The van der Waals surface area contributed by atoms with Crippen LogP contribution in [0, 0.1) is 19.7 Å². The number of rotatable bonds is 5. The number of allylic oxidation sites excluding steroid dienone is 1. The van der Waals surface area contributed by atoms with Gasteiger partial charge < -0.3 is 14.6 Å². The molecule has 0 saturated heterocycles. The third-order valence-corrected chi connectivity index (χ3v) is 6.27. The van der Waals surface area contributed by atoms with E-state index < -0.39 is 6.04 Å². The summed E-state index contributed by atoms with van der Waals surface area (Å²) in [4.78, 5) is 19.5. The van der Waals surface area contributed by atoms with Crippen LogP contribution in [0.15, 0.2) is 77.0 Å². The first-order chi connectivity index (χ1) is 17.4. The van der Waals surface area contributed by atoms with Crippen molar-refractivity contribution < 1.29 is 18.4 Å². The van der Waals surface area contributed by atoms with E-state index in [9.17, 15) is 9.18 Å². The van der Waals surface area contributed by atoms with Crippen LogP contribution in [0.1, 0.15) is 35.5 Å². The number of anilines is 1. The number of halogens is 1. The van der Waals surface area contributed by atoms with Crippen LogP contribution in [-0.2, 0) is 0 Å². The number of urea groups is 1. The lowest BCUT2D eigenvalue weighted by atomic mass is 9.94. The second-order valence-corrected chi connectivity index (χ2v) is 8.72. The molecule has 1 aromatic heterocycles. The molecule has 1 aliphatic heterocycles. The zero-order chi connectivity index (χ0) is 25.4. The van der Waals surface area contributed by atoms with E-state index in [0.717, 1.165) is 16.7 Å². The van der Waals surface area contributed by atoms with E-state index in [1.807, 2.05) is 62.4 Å². The smallest absolute Gasteiger partial charge is 0.326 e. The SMILES string of the molecule is COc1ccc(C2NC(=O)N(c3ccc(F)c(C)c3)C(C)=C2c2nc(-c3cccc(C)c3)no2)cc1. The molecular weight excluding hydrogens is 459 g/mol. The van der Waals surface area contributed by atoms with Gasteiger partial charge in [0.15, 0.2) is 0 Å². The predicted octanol–water partition coefficient (Wildman–Crippen LogP) is 6.20. The molecule has 1 N–H and O–H groups in total. The number of aromatic nitrogens is 2. The molecule has 1 aliphatic rings. The van der Waals surface area contributed by atoms with Gasteiger partial charge >= 0.3 is 6.03 Å². The van der Waals surface area contributed by atoms with Gasteiger partial charge in [-0.1, -0.05) is 41.1 Å². The van der Waals surface area contributed by atoms with Gasteiger partial charge in [0.25, 0.3) is 5.89 Å². The fourth-order valence-corrected chi connectivity index (χ4v) is 4.38. The van der Waals surface area contributed by atoms with Crippen molar-refractivity contribution in [3.05, 3.63) is 101 Å². The molecule has 0 saturated carbocycles. The van der Waals surface area contributed by atoms with E-state index in [2.05, 4.69) is 10.5 Å². The molecule has 5 rings (SSSR count). The lowest BCUT2D eigenvalue weighted by Crippen LogP contribution is -2.46. The molecule has 7 nitrogen and oxygen atoms in total. The number of methoxy groups -OCH3 is 1. The van der Waals surface area contributed by atoms with Crippen LogP contribution >= 0.6 is 0 Å². The Balaban J connectivity index is 1.65. The summed E-state index contributed by atoms with van der Waals surface area (Å²) in [5.41, 5.74) is 4.95. The maximum atomic E-state index is 14.0. The number of nitrogens with one attached hydrogen (secondary N) is 1. The highest BCUT2D eigenvalue weighted by Crippen LogP contribution is 2.39.